The second-order valence-electron chi connectivity index (χ2n) is 5.48. The van der Waals surface area contributed by atoms with Crippen LogP contribution in [0.25, 0.3) is 0 Å². The molecular formula is C14H31NO2. The molecule has 17 heavy (non-hydrogen) atoms. The zero-order chi connectivity index (χ0) is 13.5. The van der Waals surface area contributed by atoms with E-state index < -0.39 is 0 Å². The van der Waals surface area contributed by atoms with Crippen molar-refractivity contribution in [3.05, 3.63) is 0 Å². The first-order chi connectivity index (χ1) is 7.85. The Morgan fingerprint density at radius 1 is 1.06 bits per heavy atom. The van der Waals surface area contributed by atoms with E-state index in [0.717, 1.165) is 25.8 Å². The van der Waals surface area contributed by atoms with E-state index in [2.05, 4.69) is 39.9 Å². The lowest BCUT2D eigenvalue weighted by molar-refractivity contribution is -0.0425. The Labute approximate surface area is 107 Å². The molecule has 0 aromatic rings. The van der Waals surface area contributed by atoms with Crippen molar-refractivity contribution in [3.8, 4) is 0 Å². The largest absolute Gasteiger partial charge is 0.379 e. The molecule has 0 fully saturated rings. The molecule has 0 spiro atoms. The van der Waals surface area contributed by atoms with E-state index in [4.69, 9.17) is 9.47 Å². The summed E-state index contributed by atoms with van der Waals surface area (Å²) in [6, 6.07) is 0.372. The molecule has 0 aliphatic rings. The first-order valence-electron chi connectivity index (χ1n) is 6.69. The molecular weight excluding hydrogens is 214 g/mol. The number of nitrogens with one attached hydrogen (secondary N) is 1. The molecule has 3 nitrogen and oxygen atoms in total. The number of hydrogen-bond acceptors (Lipinski definition) is 3. The molecule has 0 bridgehead atoms. The molecule has 0 saturated carbocycles. The minimum Gasteiger partial charge on any atom is -0.379 e. The Balaban J connectivity index is 4.53. The first-order valence-corrected chi connectivity index (χ1v) is 6.69. The Morgan fingerprint density at radius 2 is 1.65 bits per heavy atom. The predicted octanol–water partition coefficient (Wildman–Crippen LogP) is 2.98. The second-order valence-corrected chi connectivity index (χ2v) is 5.48. The molecule has 104 valence electrons. The zero-order valence-corrected chi connectivity index (χ0v) is 12.7. The van der Waals surface area contributed by atoms with Crippen molar-refractivity contribution >= 4 is 0 Å². The van der Waals surface area contributed by atoms with Gasteiger partial charge in [-0.25, -0.2) is 0 Å². The summed E-state index contributed by atoms with van der Waals surface area (Å²) < 4.78 is 11.2. The fourth-order valence-corrected chi connectivity index (χ4v) is 2.00. The van der Waals surface area contributed by atoms with Gasteiger partial charge in [-0.3, -0.25) is 0 Å². The van der Waals surface area contributed by atoms with Crippen LogP contribution in [0.4, 0.5) is 0 Å². The average Bonchev–Trinajstić information content (AvgIpc) is 2.33. The Morgan fingerprint density at radius 3 is 2.00 bits per heavy atom. The van der Waals surface area contributed by atoms with E-state index in [1.807, 2.05) is 0 Å². The van der Waals surface area contributed by atoms with Crippen LogP contribution < -0.4 is 5.32 Å². The Kier molecular flexibility index (Phi) is 7.29. The third-order valence-corrected chi connectivity index (χ3v) is 3.94. The van der Waals surface area contributed by atoms with Crippen LogP contribution >= 0.6 is 0 Å². The van der Waals surface area contributed by atoms with Gasteiger partial charge in [0.2, 0.25) is 0 Å². The topological polar surface area (TPSA) is 30.5 Å². The summed E-state index contributed by atoms with van der Waals surface area (Å²) in [6.07, 6.45) is 3.10. The van der Waals surface area contributed by atoms with E-state index in [0.29, 0.717) is 6.04 Å². The molecule has 1 N–H and O–H groups in total. The summed E-state index contributed by atoms with van der Waals surface area (Å²) in [5, 5.41) is 3.54. The maximum Gasteiger partial charge on any atom is 0.0800 e. The van der Waals surface area contributed by atoms with Gasteiger partial charge < -0.3 is 14.8 Å². The molecule has 0 aliphatic carbocycles. The molecule has 3 heteroatoms. The van der Waals surface area contributed by atoms with E-state index in [1.54, 1.807) is 14.2 Å². The molecule has 2 unspecified atom stereocenters. The summed E-state index contributed by atoms with van der Waals surface area (Å²) in [5.74, 6) is 0. The van der Waals surface area contributed by atoms with Gasteiger partial charge in [-0.1, -0.05) is 13.8 Å². The lowest BCUT2D eigenvalue weighted by atomic mass is 9.87. The maximum absolute atomic E-state index is 5.70. The van der Waals surface area contributed by atoms with Crippen LogP contribution in [0.1, 0.15) is 53.9 Å². The summed E-state index contributed by atoms with van der Waals surface area (Å²) in [5.41, 5.74) is -0.157. The fraction of sp³-hybridized carbons (Fsp3) is 1.00. The van der Waals surface area contributed by atoms with Crippen molar-refractivity contribution in [2.45, 2.75) is 71.1 Å². The summed E-state index contributed by atoms with van der Waals surface area (Å²) >= 11 is 0. The minimum atomic E-state index is -0.0974. The van der Waals surface area contributed by atoms with Gasteiger partial charge in [-0.15, -0.1) is 0 Å². The normalized spacial score (nSPS) is 17.8. The third kappa shape index (κ3) is 5.36. The Hall–Kier alpha value is -0.120. The number of likely N-dealkylation sites (N-methyl/N-ethyl adjacent to an activating group) is 1. The van der Waals surface area contributed by atoms with Crippen molar-refractivity contribution < 1.29 is 9.47 Å². The van der Waals surface area contributed by atoms with Gasteiger partial charge in [-0.2, -0.15) is 0 Å². The highest BCUT2D eigenvalue weighted by Crippen LogP contribution is 2.26. The Bertz CT molecular complexity index is 200. The summed E-state index contributed by atoms with van der Waals surface area (Å²) in [4.78, 5) is 0. The molecule has 0 aromatic heterocycles. The molecule has 0 saturated heterocycles. The molecule has 0 amide bonds. The van der Waals surface area contributed by atoms with Gasteiger partial charge in [0.05, 0.1) is 11.2 Å². The number of rotatable bonds is 9. The third-order valence-electron chi connectivity index (χ3n) is 3.94. The lowest BCUT2D eigenvalue weighted by Gasteiger charge is -2.38. The average molecular weight is 245 g/mol. The van der Waals surface area contributed by atoms with Crippen LogP contribution in [-0.2, 0) is 9.47 Å². The highest BCUT2D eigenvalue weighted by Gasteiger charge is 2.33. The monoisotopic (exact) mass is 245 g/mol. The maximum atomic E-state index is 5.70. The van der Waals surface area contributed by atoms with E-state index >= 15 is 0 Å². The first kappa shape index (κ1) is 16.9. The van der Waals surface area contributed by atoms with E-state index in [9.17, 15) is 0 Å². The van der Waals surface area contributed by atoms with Crippen LogP contribution in [0.2, 0.25) is 0 Å². The van der Waals surface area contributed by atoms with Gasteiger partial charge in [0.25, 0.3) is 0 Å². The SMILES string of the molecule is CCNC(CCC(C)(C)OC)C(C)(CC)OC. The molecule has 0 aromatic carbocycles. The van der Waals surface area contributed by atoms with Crippen molar-refractivity contribution in [3.63, 3.8) is 0 Å². The van der Waals surface area contributed by atoms with Crippen molar-refractivity contribution in [1.82, 2.24) is 5.32 Å². The van der Waals surface area contributed by atoms with Crippen LogP contribution in [0.3, 0.4) is 0 Å². The molecule has 0 heterocycles. The highest BCUT2D eigenvalue weighted by atomic mass is 16.5. The summed E-state index contributed by atoms with van der Waals surface area (Å²) in [6.45, 7) is 11.7. The number of ether oxygens (including phenoxy) is 2. The standard InChI is InChI=1S/C14H31NO2/c1-8-14(5,17-7)12(15-9-2)10-11-13(3,4)16-6/h12,15H,8-11H2,1-7H3. The lowest BCUT2D eigenvalue weighted by Crippen LogP contribution is -2.50. The smallest absolute Gasteiger partial charge is 0.0800 e. The molecule has 2 atom stereocenters. The van der Waals surface area contributed by atoms with Gasteiger partial charge in [0, 0.05) is 20.3 Å². The molecule has 0 aliphatic heterocycles. The number of methoxy groups -OCH3 is 2. The van der Waals surface area contributed by atoms with E-state index in [1.165, 1.54) is 0 Å². The van der Waals surface area contributed by atoms with Gasteiger partial charge in [-0.05, 0) is 46.6 Å². The van der Waals surface area contributed by atoms with Crippen molar-refractivity contribution in [2.24, 2.45) is 0 Å². The van der Waals surface area contributed by atoms with Crippen molar-refractivity contribution in [1.29, 1.82) is 0 Å². The molecule has 0 rings (SSSR count). The van der Waals surface area contributed by atoms with Gasteiger partial charge in [0.1, 0.15) is 0 Å². The quantitative estimate of drug-likeness (QED) is 0.677. The second kappa shape index (κ2) is 7.34. The van der Waals surface area contributed by atoms with E-state index in [-0.39, 0.29) is 11.2 Å². The van der Waals surface area contributed by atoms with Gasteiger partial charge in [0.15, 0.2) is 0 Å². The number of hydrogen-bond donors (Lipinski definition) is 1. The zero-order valence-electron chi connectivity index (χ0n) is 12.7. The van der Waals surface area contributed by atoms with Crippen LogP contribution in [0.15, 0.2) is 0 Å². The van der Waals surface area contributed by atoms with Crippen molar-refractivity contribution in [2.75, 3.05) is 20.8 Å². The van der Waals surface area contributed by atoms with Crippen LogP contribution in [0, 0.1) is 0 Å². The van der Waals surface area contributed by atoms with Crippen LogP contribution in [0.5, 0.6) is 0 Å². The van der Waals surface area contributed by atoms with Crippen LogP contribution in [-0.4, -0.2) is 38.0 Å². The van der Waals surface area contributed by atoms with Gasteiger partial charge >= 0.3 is 0 Å². The fourth-order valence-electron chi connectivity index (χ4n) is 2.00. The predicted molar refractivity (Wildman–Crippen MR) is 73.5 cm³/mol. The minimum absolute atomic E-state index is 0.0595. The summed E-state index contributed by atoms with van der Waals surface area (Å²) in [7, 11) is 3.58. The highest BCUT2D eigenvalue weighted by molar-refractivity contribution is 4.89. The molecule has 0 radical (unpaired) electrons.